The summed E-state index contributed by atoms with van der Waals surface area (Å²) in [7, 11) is -2.64. The quantitative estimate of drug-likeness (QED) is 0.385. The fourth-order valence-corrected chi connectivity index (χ4v) is 3.53. The fourth-order valence-electron chi connectivity index (χ4n) is 3.02. The summed E-state index contributed by atoms with van der Waals surface area (Å²) in [6.45, 7) is 0.645. The minimum atomic E-state index is -5.81. The largest absolute Gasteiger partial charge is 0.518 e. The monoisotopic (exact) mass is 452 g/mol. The van der Waals surface area contributed by atoms with Gasteiger partial charge in [-0.15, -0.1) is 10.2 Å². The molecule has 1 saturated heterocycles. The highest BCUT2D eigenvalue weighted by Crippen LogP contribution is 2.30. The lowest BCUT2D eigenvalue weighted by Crippen LogP contribution is -2.31. The molecule has 0 aromatic heterocycles. The maximum absolute atomic E-state index is 12.9. The van der Waals surface area contributed by atoms with E-state index >= 15 is 0 Å². The van der Waals surface area contributed by atoms with Crippen molar-refractivity contribution in [1.82, 2.24) is 9.80 Å². The van der Waals surface area contributed by atoms with Gasteiger partial charge in [-0.2, -0.15) is 36.2 Å². The molecule has 3 aliphatic rings. The summed E-state index contributed by atoms with van der Waals surface area (Å²) in [6.07, 6.45) is 4.06. The molecule has 1 N–H and O–H groups in total. The molecule has 14 heteroatoms. The summed E-state index contributed by atoms with van der Waals surface area (Å²) in [6, 6.07) is 1.77. The Labute approximate surface area is 175 Å². The molecule has 0 unspecified atom stereocenters. The highest BCUT2D eigenvalue weighted by Gasteiger charge is 2.46. The van der Waals surface area contributed by atoms with Crippen LogP contribution in [0.3, 0.4) is 0 Å². The SMILES string of the molecule is CN1CCCC2=CC(=NN=C3N=C(C#N)C(=C=N)N3C)/C(=N/S(=O)(=O)C(F)(F)F)C=C21. The van der Waals surface area contributed by atoms with E-state index in [4.69, 9.17) is 10.7 Å². The predicted molar refractivity (Wildman–Crippen MR) is 107 cm³/mol. The van der Waals surface area contributed by atoms with Crippen LogP contribution in [-0.2, 0) is 10.0 Å². The number of fused-ring (bicyclic) bond motifs is 1. The van der Waals surface area contributed by atoms with Gasteiger partial charge >= 0.3 is 15.5 Å². The summed E-state index contributed by atoms with van der Waals surface area (Å²) >= 11 is 0. The standard InChI is InChI=1S/C17H15F3N8O2S/c1-27-5-3-4-10-6-11(12(7-14(10)27)26-31(29,30)17(18,19)20)24-25-16-23-13(8-21)15(9-22)28(16)2/h6-7,22H,3-5H2,1-2H3/b24-11?,25-16?,26-12+. The van der Waals surface area contributed by atoms with E-state index in [0.717, 1.165) is 12.0 Å². The second-order valence-corrected chi connectivity index (χ2v) is 8.21. The zero-order valence-electron chi connectivity index (χ0n) is 16.3. The van der Waals surface area contributed by atoms with Crippen molar-refractivity contribution in [1.29, 1.82) is 10.7 Å². The number of hydrogen-bond acceptors (Lipinski definition) is 7. The number of allylic oxidation sites excluding steroid dienone is 4. The minimum Gasteiger partial charge on any atom is -0.374 e. The molecule has 31 heavy (non-hydrogen) atoms. The molecule has 162 valence electrons. The first-order chi connectivity index (χ1) is 14.5. The van der Waals surface area contributed by atoms with Crippen LogP contribution in [0.2, 0.25) is 0 Å². The van der Waals surface area contributed by atoms with E-state index in [-0.39, 0.29) is 23.1 Å². The van der Waals surface area contributed by atoms with Crippen LogP contribution < -0.4 is 0 Å². The second-order valence-electron chi connectivity index (χ2n) is 6.61. The summed E-state index contributed by atoms with van der Waals surface area (Å²) in [5, 5.41) is 24.0. The van der Waals surface area contributed by atoms with Gasteiger partial charge in [-0.25, -0.2) is 0 Å². The number of nitrogens with zero attached hydrogens (tertiary/aromatic N) is 7. The van der Waals surface area contributed by atoms with Crippen LogP contribution in [0.25, 0.3) is 0 Å². The van der Waals surface area contributed by atoms with Gasteiger partial charge in [-0.1, -0.05) is 0 Å². The van der Waals surface area contributed by atoms with Crippen LogP contribution >= 0.6 is 0 Å². The highest BCUT2D eigenvalue weighted by molar-refractivity contribution is 7.91. The Hall–Kier alpha value is -3.56. The van der Waals surface area contributed by atoms with E-state index in [2.05, 4.69) is 19.6 Å². The molecule has 0 bridgehead atoms. The zero-order valence-corrected chi connectivity index (χ0v) is 17.1. The van der Waals surface area contributed by atoms with Crippen LogP contribution in [0, 0.1) is 16.7 Å². The second kappa shape index (κ2) is 7.93. The van der Waals surface area contributed by atoms with E-state index in [0.29, 0.717) is 18.7 Å². The number of rotatable bonds is 2. The van der Waals surface area contributed by atoms with Gasteiger partial charge in [0.1, 0.15) is 23.2 Å². The van der Waals surface area contributed by atoms with Crippen molar-refractivity contribution in [2.45, 2.75) is 18.3 Å². The Balaban J connectivity index is 2.13. The third kappa shape index (κ3) is 4.18. The molecule has 0 amide bonds. The predicted octanol–water partition coefficient (Wildman–Crippen LogP) is 1.58. The molecule has 1 fully saturated rings. The van der Waals surface area contributed by atoms with Gasteiger partial charge in [-0.3, -0.25) is 5.41 Å². The Bertz CT molecular complexity index is 1210. The van der Waals surface area contributed by atoms with Crippen LogP contribution in [0.4, 0.5) is 13.2 Å². The number of likely N-dealkylation sites (N-methyl/N-ethyl adjacent to an activating group) is 1. The fraction of sp³-hybridized carbons (Fsp3) is 0.353. The van der Waals surface area contributed by atoms with Gasteiger partial charge in [0, 0.05) is 32.2 Å². The first kappa shape index (κ1) is 22.1. The normalized spacial score (nSPS) is 23.4. The third-order valence-electron chi connectivity index (χ3n) is 4.58. The van der Waals surface area contributed by atoms with Crippen LogP contribution in [0.15, 0.2) is 48.7 Å². The lowest BCUT2D eigenvalue weighted by molar-refractivity contribution is -0.0435. The summed E-state index contributed by atoms with van der Waals surface area (Å²) in [5.74, 6) is 1.92. The van der Waals surface area contributed by atoms with Gasteiger partial charge in [-0.05, 0) is 30.6 Å². The lowest BCUT2D eigenvalue weighted by Gasteiger charge is -2.32. The molecule has 0 aromatic rings. The van der Waals surface area contributed by atoms with Crippen molar-refractivity contribution >= 4 is 39.0 Å². The summed E-state index contributed by atoms with van der Waals surface area (Å²) < 4.78 is 64.8. The van der Waals surface area contributed by atoms with E-state index in [1.54, 1.807) is 18.0 Å². The van der Waals surface area contributed by atoms with Crippen molar-refractivity contribution in [3.8, 4) is 6.07 Å². The van der Waals surface area contributed by atoms with E-state index in [1.807, 2.05) is 5.87 Å². The molecule has 0 saturated carbocycles. The topological polar surface area (TPSA) is 138 Å². The van der Waals surface area contributed by atoms with Crippen molar-refractivity contribution in [3.63, 3.8) is 0 Å². The number of hydrogen-bond donors (Lipinski definition) is 1. The Kier molecular flexibility index (Phi) is 5.66. The first-order valence-corrected chi connectivity index (χ1v) is 10.2. The van der Waals surface area contributed by atoms with Gasteiger partial charge < -0.3 is 9.80 Å². The molecule has 0 atom stereocenters. The molecule has 0 aromatic carbocycles. The molecule has 3 rings (SSSR count). The van der Waals surface area contributed by atoms with Crippen LogP contribution in [-0.4, -0.2) is 73.3 Å². The maximum atomic E-state index is 12.9. The summed E-state index contributed by atoms with van der Waals surface area (Å²) in [4.78, 5) is 6.90. The average molecular weight is 452 g/mol. The van der Waals surface area contributed by atoms with E-state index in [9.17, 15) is 21.6 Å². The highest BCUT2D eigenvalue weighted by atomic mass is 32.2. The third-order valence-corrected chi connectivity index (χ3v) is 5.60. The number of likely N-dealkylation sites (tertiary alicyclic amines) is 1. The number of halogens is 3. The molecule has 1 aliphatic carbocycles. The smallest absolute Gasteiger partial charge is 0.374 e. The minimum absolute atomic E-state index is 0.0353. The average Bonchev–Trinajstić information content (AvgIpc) is 3.00. The van der Waals surface area contributed by atoms with Crippen LogP contribution in [0.1, 0.15) is 12.8 Å². The van der Waals surface area contributed by atoms with Gasteiger partial charge in [0.15, 0.2) is 5.71 Å². The van der Waals surface area contributed by atoms with Gasteiger partial charge in [0.25, 0.3) is 5.96 Å². The molecule has 2 heterocycles. The van der Waals surface area contributed by atoms with Crippen LogP contribution in [0.5, 0.6) is 0 Å². The Morgan fingerprint density at radius 2 is 1.94 bits per heavy atom. The van der Waals surface area contributed by atoms with Crippen molar-refractivity contribution in [2.75, 3.05) is 20.6 Å². The number of piperidine rings is 1. The van der Waals surface area contributed by atoms with Crippen molar-refractivity contribution < 1.29 is 21.6 Å². The van der Waals surface area contributed by atoms with E-state index in [1.165, 1.54) is 24.1 Å². The summed E-state index contributed by atoms with van der Waals surface area (Å²) in [5.41, 5.74) is -5.11. The number of alkyl halides is 3. The maximum Gasteiger partial charge on any atom is 0.518 e. The molecule has 0 radical (unpaired) electrons. The Morgan fingerprint density at radius 1 is 1.23 bits per heavy atom. The molecule has 2 aliphatic heterocycles. The molecule has 0 spiro atoms. The number of aliphatic imine (C=N–C) groups is 1. The zero-order chi connectivity index (χ0) is 23.0. The van der Waals surface area contributed by atoms with Gasteiger partial charge in [0.2, 0.25) is 0 Å². The van der Waals surface area contributed by atoms with Gasteiger partial charge in [0.05, 0.1) is 0 Å². The molecular weight excluding hydrogens is 437 g/mol. The van der Waals surface area contributed by atoms with Crippen molar-refractivity contribution in [2.24, 2.45) is 19.6 Å². The first-order valence-electron chi connectivity index (χ1n) is 8.72. The number of nitrogens with one attached hydrogen (secondary N) is 1. The number of nitriles is 1. The van der Waals surface area contributed by atoms with Crippen molar-refractivity contribution in [3.05, 3.63) is 29.1 Å². The lowest BCUT2D eigenvalue weighted by atomic mass is 9.93. The Morgan fingerprint density at radius 3 is 2.52 bits per heavy atom. The number of guanidine groups is 1. The molecule has 10 nitrogen and oxygen atoms in total. The molecular formula is C17H15F3N8O2S. The number of sulfonamides is 1. The van der Waals surface area contributed by atoms with E-state index < -0.39 is 21.2 Å².